The quantitative estimate of drug-likeness (QED) is 0.919. The van der Waals surface area contributed by atoms with Crippen LogP contribution in [-0.2, 0) is 0 Å². The summed E-state index contributed by atoms with van der Waals surface area (Å²) in [5.41, 5.74) is 2.65. The molecule has 0 aliphatic carbocycles. The summed E-state index contributed by atoms with van der Waals surface area (Å²) in [6.07, 6.45) is 0. The van der Waals surface area contributed by atoms with E-state index in [1.54, 1.807) is 32.4 Å². The molecular formula is C18H21NO3. The van der Waals surface area contributed by atoms with Crippen LogP contribution in [0.4, 0.5) is 0 Å². The predicted molar refractivity (Wildman–Crippen MR) is 86.6 cm³/mol. The molecule has 0 radical (unpaired) electrons. The van der Waals surface area contributed by atoms with Gasteiger partial charge in [-0.25, -0.2) is 0 Å². The summed E-state index contributed by atoms with van der Waals surface area (Å²) in [4.78, 5) is 12.4. The topological polar surface area (TPSA) is 47.6 Å². The van der Waals surface area contributed by atoms with Crippen molar-refractivity contribution < 1.29 is 14.3 Å². The van der Waals surface area contributed by atoms with E-state index in [2.05, 4.69) is 5.32 Å². The molecule has 0 aliphatic heterocycles. The highest BCUT2D eigenvalue weighted by atomic mass is 16.5. The van der Waals surface area contributed by atoms with Crippen molar-refractivity contribution >= 4 is 5.91 Å². The monoisotopic (exact) mass is 299 g/mol. The molecule has 0 saturated heterocycles. The molecule has 2 aromatic carbocycles. The van der Waals surface area contributed by atoms with Crippen molar-refractivity contribution in [2.75, 3.05) is 14.2 Å². The molecule has 4 heteroatoms. The minimum Gasteiger partial charge on any atom is -0.497 e. The number of nitrogens with one attached hydrogen (secondary N) is 1. The molecule has 2 aromatic rings. The Hall–Kier alpha value is -2.49. The van der Waals surface area contributed by atoms with Gasteiger partial charge in [-0.1, -0.05) is 23.8 Å². The average molecular weight is 299 g/mol. The summed E-state index contributed by atoms with van der Waals surface area (Å²) in [6.45, 7) is 3.95. The molecule has 0 fully saturated rings. The van der Waals surface area contributed by atoms with Gasteiger partial charge in [-0.05, 0) is 38.1 Å². The Bertz CT molecular complexity index is 667. The summed E-state index contributed by atoms with van der Waals surface area (Å²) in [6, 6.07) is 12.9. The zero-order chi connectivity index (χ0) is 16.1. The molecule has 22 heavy (non-hydrogen) atoms. The van der Waals surface area contributed by atoms with Crippen LogP contribution in [0, 0.1) is 6.92 Å². The number of amides is 1. The van der Waals surface area contributed by atoms with Gasteiger partial charge in [0.2, 0.25) is 0 Å². The van der Waals surface area contributed by atoms with Crippen LogP contribution in [0.1, 0.15) is 34.5 Å². The lowest BCUT2D eigenvalue weighted by atomic mass is 10.0. The summed E-state index contributed by atoms with van der Waals surface area (Å²) >= 11 is 0. The molecule has 0 aromatic heterocycles. The zero-order valence-corrected chi connectivity index (χ0v) is 13.3. The third kappa shape index (κ3) is 3.58. The van der Waals surface area contributed by atoms with E-state index >= 15 is 0 Å². The maximum absolute atomic E-state index is 12.4. The van der Waals surface area contributed by atoms with Crippen LogP contribution < -0.4 is 14.8 Å². The summed E-state index contributed by atoms with van der Waals surface area (Å²) in [7, 11) is 3.21. The highest BCUT2D eigenvalue weighted by Gasteiger charge is 2.15. The maximum Gasteiger partial charge on any atom is 0.251 e. The predicted octanol–water partition coefficient (Wildman–Crippen LogP) is 3.50. The fourth-order valence-corrected chi connectivity index (χ4v) is 2.31. The third-order valence-corrected chi connectivity index (χ3v) is 3.53. The number of hydrogen-bond donors (Lipinski definition) is 1. The van der Waals surface area contributed by atoms with Gasteiger partial charge in [-0.3, -0.25) is 4.79 Å². The van der Waals surface area contributed by atoms with E-state index < -0.39 is 0 Å². The lowest BCUT2D eigenvalue weighted by molar-refractivity contribution is 0.0939. The van der Waals surface area contributed by atoms with E-state index in [1.807, 2.05) is 38.1 Å². The van der Waals surface area contributed by atoms with Crippen molar-refractivity contribution in [2.45, 2.75) is 19.9 Å². The van der Waals surface area contributed by atoms with E-state index in [0.29, 0.717) is 11.3 Å². The normalized spacial score (nSPS) is 11.6. The van der Waals surface area contributed by atoms with Gasteiger partial charge in [0.15, 0.2) is 0 Å². The van der Waals surface area contributed by atoms with Crippen LogP contribution in [0.3, 0.4) is 0 Å². The van der Waals surface area contributed by atoms with E-state index in [1.165, 1.54) is 0 Å². The van der Waals surface area contributed by atoms with Crippen molar-refractivity contribution in [2.24, 2.45) is 0 Å². The minimum atomic E-state index is -0.159. The van der Waals surface area contributed by atoms with Gasteiger partial charge in [-0.2, -0.15) is 0 Å². The smallest absolute Gasteiger partial charge is 0.251 e. The number of ether oxygens (including phenoxy) is 2. The van der Waals surface area contributed by atoms with Crippen LogP contribution >= 0.6 is 0 Å². The first-order valence-corrected chi connectivity index (χ1v) is 7.14. The Morgan fingerprint density at radius 2 is 1.86 bits per heavy atom. The van der Waals surface area contributed by atoms with E-state index in [-0.39, 0.29) is 11.9 Å². The molecule has 1 atom stereocenters. The minimum absolute atomic E-state index is 0.144. The number of rotatable bonds is 5. The number of aryl methyl sites for hydroxylation is 1. The number of benzene rings is 2. The first-order chi connectivity index (χ1) is 10.5. The van der Waals surface area contributed by atoms with Gasteiger partial charge in [-0.15, -0.1) is 0 Å². The molecule has 0 saturated carbocycles. The second kappa shape index (κ2) is 6.98. The highest BCUT2D eigenvalue weighted by Crippen LogP contribution is 2.26. The Morgan fingerprint density at radius 3 is 2.55 bits per heavy atom. The number of methoxy groups -OCH3 is 2. The Balaban J connectivity index is 2.19. The van der Waals surface area contributed by atoms with Crippen LogP contribution in [0.2, 0.25) is 0 Å². The van der Waals surface area contributed by atoms with Gasteiger partial charge in [0.25, 0.3) is 5.91 Å². The summed E-state index contributed by atoms with van der Waals surface area (Å²) in [5, 5.41) is 2.99. The molecule has 0 spiro atoms. The Kier molecular flexibility index (Phi) is 5.04. The fraction of sp³-hybridized carbons (Fsp3) is 0.278. The summed E-state index contributed by atoms with van der Waals surface area (Å²) < 4.78 is 10.5. The van der Waals surface area contributed by atoms with Gasteiger partial charge >= 0.3 is 0 Å². The second-order valence-corrected chi connectivity index (χ2v) is 5.17. The molecule has 0 bridgehead atoms. The van der Waals surface area contributed by atoms with E-state index in [0.717, 1.165) is 16.9 Å². The molecule has 0 aliphatic rings. The SMILES string of the molecule is COc1cccc(C(=O)NC(C)c2cc(C)ccc2OC)c1. The molecule has 2 rings (SSSR count). The van der Waals surface area contributed by atoms with Crippen molar-refractivity contribution in [1.82, 2.24) is 5.32 Å². The lowest BCUT2D eigenvalue weighted by Gasteiger charge is -2.18. The van der Waals surface area contributed by atoms with Gasteiger partial charge < -0.3 is 14.8 Å². The first-order valence-electron chi connectivity index (χ1n) is 7.14. The number of carbonyl (C=O) groups is 1. The molecule has 0 heterocycles. The molecular weight excluding hydrogens is 278 g/mol. The van der Waals surface area contributed by atoms with Crippen LogP contribution in [-0.4, -0.2) is 20.1 Å². The zero-order valence-electron chi connectivity index (χ0n) is 13.3. The van der Waals surface area contributed by atoms with Crippen molar-refractivity contribution in [3.8, 4) is 11.5 Å². The van der Waals surface area contributed by atoms with E-state index in [9.17, 15) is 4.79 Å². The molecule has 1 amide bonds. The average Bonchev–Trinajstić information content (AvgIpc) is 2.54. The molecule has 116 valence electrons. The standard InChI is InChI=1S/C18H21NO3/c1-12-8-9-17(22-4)16(10-12)13(2)19-18(20)14-6-5-7-15(11-14)21-3/h5-11,13H,1-4H3,(H,19,20). The van der Waals surface area contributed by atoms with Crippen LogP contribution in [0.5, 0.6) is 11.5 Å². The van der Waals surface area contributed by atoms with Gasteiger partial charge in [0.1, 0.15) is 11.5 Å². The van der Waals surface area contributed by atoms with Crippen LogP contribution in [0.25, 0.3) is 0 Å². The van der Waals surface area contributed by atoms with Gasteiger partial charge in [0, 0.05) is 11.1 Å². The van der Waals surface area contributed by atoms with E-state index in [4.69, 9.17) is 9.47 Å². The number of carbonyl (C=O) groups excluding carboxylic acids is 1. The largest absolute Gasteiger partial charge is 0.497 e. The molecule has 1 unspecified atom stereocenters. The lowest BCUT2D eigenvalue weighted by Crippen LogP contribution is -2.27. The van der Waals surface area contributed by atoms with Crippen molar-refractivity contribution in [3.63, 3.8) is 0 Å². The maximum atomic E-state index is 12.4. The molecule has 1 N–H and O–H groups in total. The Labute approximate surface area is 131 Å². The fourth-order valence-electron chi connectivity index (χ4n) is 2.31. The van der Waals surface area contributed by atoms with Gasteiger partial charge in [0.05, 0.1) is 20.3 Å². The molecule has 4 nitrogen and oxygen atoms in total. The number of hydrogen-bond acceptors (Lipinski definition) is 3. The van der Waals surface area contributed by atoms with Crippen molar-refractivity contribution in [3.05, 3.63) is 59.2 Å². The second-order valence-electron chi connectivity index (χ2n) is 5.17. The van der Waals surface area contributed by atoms with Crippen LogP contribution in [0.15, 0.2) is 42.5 Å². The first kappa shape index (κ1) is 15.9. The highest BCUT2D eigenvalue weighted by molar-refractivity contribution is 5.94. The Morgan fingerprint density at radius 1 is 1.09 bits per heavy atom. The third-order valence-electron chi connectivity index (χ3n) is 3.53. The van der Waals surface area contributed by atoms with Crippen molar-refractivity contribution in [1.29, 1.82) is 0 Å². The summed E-state index contributed by atoms with van der Waals surface area (Å²) in [5.74, 6) is 1.28.